The zero-order valence-corrected chi connectivity index (χ0v) is 17.6. The Morgan fingerprint density at radius 3 is 2.57 bits per heavy atom. The summed E-state index contributed by atoms with van der Waals surface area (Å²) in [6.45, 7) is 3.48. The predicted octanol–water partition coefficient (Wildman–Crippen LogP) is 3.18. The van der Waals surface area contributed by atoms with Crippen LogP contribution in [0.15, 0.2) is 56.7 Å². The van der Waals surface area contributed by atoms with Crippen LogP contribution >= 0.6 is 15.9 Å². The molecular formula is C20H19BrN2O4S. The van der Waals surface area contributed by atoms with Crippen molar-refractivity contribution in [1.82, 2.24) is 4.90 Å². The van der Waals surface area contributed by atoms with Gasteiger partial charge in [0.1, 0.15) is 0 Å². The van der Waals surface area contributed by atoms with Crippen molar-refractivity contribution in [3.05, 3.63) is 63.0 Å². The Hall–Kier alpha value is -2.16. The standard InChI is InChI=1S/C20H19BrN2O4S/c1-13-12-14(21)6-7-16(13)22-18-15-4-2-3-5-17(15)28(25,26)19(18)20(24)23-8-10-27-11-9-23/h2-7,12,22H,8-11H2,1H3. The normalized spacial score (nSPS) is 18.1. The number of halogens is 1. The van der Waals surface area contributed by atoms with Crippen LogP contribution in [-0.2, 0) is 19.4 Å². The van der Waals surface area contributed by atoms with Crippen molar-refractivity contribution in [2.24, 2.45) is 0 Å². The summed E-state index contributed by atoms with van der Waals surface area (Å²) in [7, 11) is -3.91. The molecule has 28 heavy (non-hydrogen) atoms. The van der Waals surface area contributed by atoms with Gasteiger partial charge in [0.2, 0.25) is 9.84 Å². The molecule has 0 aromatic heterocycles. The molecule has 0 atom stereocenters. The van der Waals surface area contributed by atoms with E-state index in [0.717, 1.165) is 15.7 Å². The third-order valence-corrected chi connectivity index (χ3v) is 7.23. The molecule has 8 heteroatoms. The highest BCUT2D eigenvalue weighted by Gasteiger charge is 2.42. The maximum Gasteiger partial charge on any atom is 0.268 e. The Bertz CT molecular complexity index is 1090. The Morgan fingerprint density at radius 2 is 1.86 bits per heavy atom. The van der Waals surface area contributed by atoms with Gasteiger partial charge in [-0.05, 0) is 36.8 Å². The van der Waals surface area contributed by atoms with Crippen LogP contribution in [0.2, 0.25) is 0 Å². The number of hydrogen-bond acceptors (Lipinski definition) is 5. The summed E-state index contributed by atoms with van der Waals surface area (Å²) in [4.78, 5) is 14.7. The number of rotatable bonds is 3. The van der Waals surface area contributed by atoms with Crippen molar-refractivity contribution in [3.8, 4) is 0 Å². The summed E-state index contributed by atoms with van der Waals surface area (Å²) >= 11 is 3.43. The minimum Gasteiger partial charge on any atom is -0.378 e. The number of anilines is 1. The van der Waals surface area contributed by atoms with Crippen molar-refractivity contribution in [2.45, 2.75) is 11.8 Å². The zero-order chi connectivity index (χ0) is 19.9. The first-order valence-electron chi connectivity index (χ1n) is 8.88. The molecule has 146 valence electrons. The van der Waals surface area contributed by atoms with Gasteiger partial charge in [0.25, 0.3) is 5.91 Å². The van der Waals surface area contributed by atoms with Gasteiger partial charge in [-0.2, -0.15) is 0 Å². The van der Waals surface area contributed by atoms with Crippen molar-refractivity contribution >= 4 is 43.1 Å². The van der Waals surface area contributed by atoms with E-state index in [1.54, 1.807) is 29.2 Å². The fourth-order valence-corrected chi connectivity index (χ4v) is 5.63. The third kappa shape index (κ3) is 3.25. The fraction of sp³-hybridized carbons (Fsp3) is 0.250. The summed E-state index contributed by atoms with van der Waals surface area (Å²) in [5, 5.41) is 3.22. The van der Waals surface area contributed by atoms with Gasteiger partial charge in [0.05, 0.1) is 23.8 Å². The van der Waals surface area contributed by atoms with Crippen LogP contribution < -0.4 is 5.32 Å². The van der Waals surface area contributed by atoms with Crippen LogP contribution in [-0.4, -0.2) is 45.5 Å². The van der Waals surface area contributed by atoms with Gasteiger partial charge < -0.3 is 15.0 Å². The highest BCUT2D eigenvalue weighted by molar-refractivity contribution is 9.10. The molecule has 2 aromatic rings. The molecule has 1 saturated heterocycles. The summed E-state index contributed by atoms with van der Waals surface area (Å²) < 4.78 is 32.7. The quantitative estimate of drug-likeness (QED) is 0.757. The van der Waals surface area contributed by atoms with Gasteiger partial charge in [0, 0.05) is 28.8 Å². The van der Waals surface area contributed by atoms with Crippen molar-refractivity contribution in [1.29, 1.82) is 0 Å². The maximum absolute atomic E-state index is 13.2. The van der Waals surface area contributed by atoms with E-state index in [0.29, 0.717) is 37.6 Å². The number of carbonyl (C=O) groups is 1. The molecule has 0 spiro atoms. The lowest BCUT2D eigenvalue weighted by Gasteiger charge is -2.27. The number of carbonyl (C=O) groups excluding carboxylic acids is 1. The largest absolute Gasteiger partial charge is 0.378 e. The Balaban J connectivity index is 1.85. The second kappa shape index (κ2) is 7.35. The van der Waals surface area contributed by atoms with Crippen LogP contribution in [0.25, 0.3) is 5.70 Å². The monoisotopic (exact) mass is 462 g/mol. The number of fused-ring (bicyclic) bond motifs is 1. The molecule has 0 bridgehead atoms. The van der Waals surface area contributed by atoms with Crippen LogP contribution in [0.5, 0.6) is 0 Å². The van der Waals surface area contributed by atoms with Crippen LogP contribution in [0.3, 0.4) is 0 Å². The molecule has 0 unspecified atom stereocenters. The predicted molar refractivity (Wildman–Crippen MR) is 110 cm³/mol. The fourth-order valence-electron chi connectivity index (χ4n) is 3.43. The van der Waals surface area contributed by atoms with Crippen LogP contribution in [0.4, 0.5) is 5.69 Å². The van der Waals surface area contributed by atoms with E-state index < -0.39 is 15.7 Å². The number of hydrogen-bond donors (Lipinski definition) is 1. The topological polar surface area (TPSA) is 75.7 Å². The smallest absolute Gasteiger partial charge is 0.268 e. The first kappa shape index (κ1) is 19.2. The molecule has 0 aliphatic carbocycles. The molecule has 2 heterocycles. The van der Waals surface area contributed by atoms with E-state index in [1.807, 2.05) is 25.1 Å². The second-order valence-electron chi connectivity index (χ2n) is 6.69. The molecule has 2 aromatic carbocycles. The lowest BCUT2D eigenvalue weighted by atomic mass is 10.1. The van der Waals surface area contributed by atoms with Gasteiger partial charge in [0.15, 0.2) is 4.91 Å². The molecule has 2 aliphatic heterocycles. The number of amides is 1. The molecule has 0 saturated carbocycles. The first-order valence-corrected chi connectivity index (χ1v) is 11.2. The summed E-state index contributed by atoms with van der Waals surface area (Å²) in [5.41, 5.74) is 2.53. The van der Waals surface area contributed by atoms with Gasteiger partial charge in [-0.3, -0.25) is 4.79 Å². The minimum atomic E-state index is -3.91. The lowest BCUT2D eigenvalue weighted by Crippen LogP contribution is -2.42. The molecule has 4 rings (SSSR count). The zero-order valence-electron chi connectivity index (χ0n) is 15.2. The van der Waals surface area contributed by atoms with E-state index in [1.165, 1.54) is 0 Å². The third-order valence-electron chi connectivity index (χ3n) is 4.88. The van der Waals surface area contributed by atoms with Gasteiger partial charge in [-0.25, -0.2) is 8.42 Å². The van der Waals surface area contributed by atoms with Crippen LogP contribution in [0, 0.1) is 6.92 Å². The van der Waals surface area contributed by atoms with Gasteiger partial charge in [-0.15, -0.1) is 0 Å². The average molecular weight is 463 g/mol. The number of morpholine rings is 1. The molecule has 2 aliphatic rings. The number of ether oxygens (including phenoxy) is 1. The van der Waals surface area contributed by atoms with Gasteiger partial charge >= 0.3 is 0 Å². The van der Waals surface area contributed by atoms with Crippen molar-refractivity contribution in [2.75, 3.05) is 31.6 Å². The second-order valence-corrected chi connectivity index (χ2v) is 9.46. The number of nitrogens with one attached hydrogen (secondary N) is 1. The number of aryl methyl sites for hydroxylation is 1. The molecule has 6 nitrogen and oxygen atoms in total. The summed E-state index contributed by atoms with van der Waals surface area (Å²) in [6, 6.07) is 12.4. The van der Waals surface area contributed by atoms with Crippen LogP contribution in [0.1, 0.15) is 11.1 Å². The van der Waals surface area contributed by atoms with E-state index >= 15 is 0 Å². The molecule has 1 amide bonds. The first-order chi connectivity index (χ1) is 13.4. The maximum atomic E-state index is 13.2. The molecular weight excluding hydrogens is 444 g/mol. The van der Waals surface area contributed by atoms with Gasteiger partial charge in [-0.1, -0.05) is 34.1 Å². The lowest BCUT2D eigenvalue weighted by molar-refractivity contribution is -0.130. The molecule has 1 N–H and O–H groups in total. The SMILES string of the molecule is Cc1cc(Br)ccc1NC1=C(C(=O)N2CCOCC2)S(=O)(=O)c2ccccc21. The van der Waals surface area contributed by atoms with E-state index in [9.17, 15) is 13.2 Å². The Morgan fingerprint density at radius 1 is 1.14 bits per heavy atom. The number of nitrogens with zero attached hydrogens (tertiary/aromatic N) is 1. The highest BCUT2D eigenvalue weighted by atomic mass is 79.9. The van der Waals surface area contributed by atoms with Crippen molar-refractivity contribution in [3.63, 3.8) is 0 Å². The van der Waals surface area contributed by atoms with E-state index in [4.69, 9.17) is 4.74 Å². The highest BCUT2D eigenvalue weighted by Crippen LogP contribution is 2.41. The molecule has 0 radical (unpaired) electrons. The van der Waals surface area contributed by atoms with Crippen molar-refractivity contribution < 1.29 is 17.9 Å². The van der Waals surface area contributed by atoms with E-state index in [-0.39, 0.29) is 9.80 Å². The minimum absolute atomic E-state index is 0.156. The number of benzene rings is 2. The Kier molecular flexibility index (Phi) is 5.03. The number of sulfone groups is 1. The molecule has 1 fully saturated rings. The van der Waals surface area contributed by atoms with E-state index in [2.05, 4.69) is 21.2 Å². The average Bonchev–Trinajstić information content (AvgIpc) is 2.91. The summed E-state index contributed by atoms with van der Waals surface area (Å²) in [5.74, 6) is -0.489. The summed E-state index contributed by atoms with van der Waals surface area (Å²) in [6.07, 6.45) is 0. The Labute approximate surface area is 172 Å².